The number of halogens is 1. The maximum absolute atomic E-state index is 13.4. The molecule has 5 rings (SSSR count). The number of benzene rings is 3. The molecule has 0 unspecified atom stereocenters. The first-order valence-electron chi connectivity index (χ1n) is 17.0. The van der Waals surface area contributed by atoms with Gasteiger partial charge in [0.2, 0.25) is 11.9 Å². The first-order chi connectivity index (χ1) is 24.7. The molecule has 0 fully saturated rings. The SMILES string of the molecule is CCOC(=O)C(NC(=O)Nc1cccc(Cn2cc(-c3cccc4c3CCCN4C(=O)CCCOc3cccc(Cl)c3C)cn2)c1)C(=O)OCC. The Morgan fingerprint density at radius 3 is 2.49 bits per heavy atom. The number of esters is 2. The lowest BCUT2D eigenvalue weighted by Gasteiger charge is -2.31. The Hall–Kier alpha value is -5.36. The first kappa shape index (κ1) is 36.9. The van der Waals surface area contributed by atoms with Gasteiger partial charge in [0.05, 0.1) is 32.6 Å². The molecule has 3 aromatic carbocycles. The monoisotopic (exact) mass is 715 g/mol. The second kappa shape index (κ2) is 17.5. The zero-order valence-corrected chi connectivity index (χ0v) is 29.7. The van der Waals surface area contributed by atoms with Crippen LogP contribution in [0.1, 0.15) is 49.8 Å². The van der Waals surface area contributed by atoms with E-state index >= 15 is 0 Å². The molecule has 3 amide bonds. The van der Waals surface area contributed by atoms with E-state index in [0.717, 1.165) is 52.1 Å². The topological polar surface area (TPSA) is 141 Å². The third-order valence-electron chi connectivity index (χ3n) is 8.36. The Morgan fingerprint density at radius 2 is 1.73 bits per heavy atom. The number of anilines is 2. The summed E-state index contributed by atoms with van der Waals surface area (Å²) >= 11 is 6.20. The highest BCUT2D eigenvalue weighted by atomic mass is 35.5. The van der Waals surface area contributed by atoms with E-state index in [2.05, 4.69) is 21.8 Å². The minimum absolute atomic E-state index is 0.0445. The van der Waals surface area contributed by atoms with E-state index in [-0.39, 0.29) is 19.1 Å². The van der Waals surface area contributed by atoms with Crippen molar-refractivity contribution in [2.75, 3.05) is 36.6 Å². The molecule has 13 heteroatoms. The molecule has 0 atom stereocenters. The summed E-state index contributed by atoms with van der Waals surface area (Å²) in [4.78, 5) is 52.4. The van der Waals surface area contributed by atoms with Crippen LogP contribution in [0.3, 0.4) is 0 Å². The van der Waals surface area contributed by atoms with E-state index in [0.29, 0.717) is 43.2 Å². The fraction of sp³-hybridized carbons (Fsp3) is 0.342. The van der Waals surface area contributed by atoms with Gasteiger partial charge >= 0.3 is 18.0 Å². The standard InChI is InChI=1S/C38H42ClN5O7/c1-4-49-36(46)35(37(47)50-5-2)42-38(48)41-28-12-6-11-26(21-28)23-43-24-27(22-40-43)29-13-7-16-32-30(29)14-9-19-44(32)34(45)18-10-20-51-33-17-8-15-31(39)25(33)3/h6-8,11-13,15-17,21-22,24,35H,4-5,9-10,14,18-20,23H2,1-3H3,(H2,41,42,48). The van der Waals surface area contributed by atoms with Crippen LogP contribution >= 0.6 is 11.6 Å². The van der Waals surface area contributed by atoms with E-state index < -0.39 is 24.0 Å². The average Bonchev–Trinajstić information content (AvgIpc) is 3.58. The highest BCUT2D eigenvalue weighted by Gasteiger charge is 2.31. The lowest BCUT2D eigenvalue weighted by atomic mass is 9.93. The van der Waals surface area contributed by atoms with Gasteiger partial charge in [-0.05, 0) is 87.1 Å². The fourth-order valence-corrected chi connectivity index (χ4v) is 6.09. The summed E-state index contributed by atoms with van der Waals surface area (Å²) < 4.78 is 17.5. The predicted octanol–water partition coefficient (Wildman–Crippen LogP) is 6.31. The van der Waals surface area contributed by atoms with Gasteiger partial charge in [0.25, 0.3) is 0 Å². The van der Waals surface area contributed by atoms with Crippen molar-refractivity contribution < 1.29 is 33.4 Å². The molecule has 1 aliphatic rings. The molecule has 1 aliphatic heterocycles. The molecule has 51 heavy (non-hydrogen) atoms. The summed E-state index contributed by atoms with van der Waals surface area (Å²) in [5, 5.41) is 10.2. The molecular weight excluding hydrogens is 674 g/mol. The van der Waals surface area contributed by atoms with Crippen LogP contribution in [0.4, 0.5) is 16.2 Å². The molecular formula is C38H42ClN5O7. The molecule has 0 saturated carbocycles. The molecule has 2 heterocycles. The van der Waals surface area contributed by atoms with Crippen LogP contribution in [0.25, 0.3) is 11.1 Å². The molecule has 2 N–H and O–H groups in total. The van der Waals surface area contributed by atoms with Gasteiger partial charge in [0.1, 0.15) is 5.75 Å². The number of amides is 3. The Balaban J connectivity index is 1.21. The number of aromatic nitrogens is 2. The van der Waals surface area contributed by atoms with Gasteiger partial charge in [0, 0.05) is 46.7 Å². The van der Waals surface area contributed by atoms with Crippen LogP contribution in [-0.4, -0.2) is 66.1 Å². The van der Waals surface area contributed by atoms with Gasteiger partial charge in [-0.25, -0.2) is 14.4 Å². The number of ether oxygens (including phenoxy) is 3. The highest BCUT2D eigenvalue weighted by Crippen LogP contribution is 2.36. The Kier molecular flexibility index (Phi) is 12.7. The van der Waals surface area contributed by atoms with Crippen molar-refractivity contribution in [1.29, 1.82) is 0 Å². The molecule has 4 aromatic rings. The summed E-state index contributed by atoms with van der Waals surface area (Å²) in [6.45, 7) is 6.71. The van der Waals surface area contributed by atoms with Crippen LogP contribution in [0.2, 0.25) is 5.02 Å². The summed E-state index contributed by atoms with van der Waals surface area (Å²) in [5.41, 5.74) is 6.20. The first-order valence-corrected chi connectivity index (χ1v) is 17.4. The number of fused-ring (bicyclic) bond motifs is 1. The quantitative estimate of drug-likeness (QED) is 0.0879. The van der Waals surface area contributed by atoms with E-state index in [9.17, 15) is 19.2 Å². The second-order valence-electron chi connectivity index (χ2n) is 11.9. The number of nitrogens with zero attached hydrogens (tertiary/aromatic N) is 3. The van der Waals surface area contributed by atoms with Crippen LogP contribution in [0, 0.1) is 6.92 Å². The van der Waals surface area contributed by atoms with Crippen molar-refractivity contribution in [3.63, 3.8) is 0 Å². The molecule has 1 aromatic heterocycles. The number of carbonyl (C=O) groups is 4. The van der Waals surface area contributed by atoms with Crippen molar-refractivity contribution in [2.45, 2.75) is 59.0 Å². The van der Waals surface area contributed by atoms with E-state index in [1.165, 1.54) is 0 Å². The normalized spacial score (nSPS) is 12.2. The molecule has 268 valence electrons. The molecule has 0 radical (unpaired) electrons. The number of nitrogens with one attached hydrogen (secondary N) is 2. The Bertz CT molecular complexity index is 1860. The fourth-order valence-electron chi connectivity index (χ4n) is 5.93. The molecule has 12 nitrogen and oxygen atoms in total. The van der Waals surface area contributed by atoms with E-state index in [4.69, 9.17) is 25.8 Å². The maximum Gasteiger partial charge on any atom is 0.340 e. The zero-order valence-electron chi connectivity index (χ0n) is 28.9. The predicted molar refractivity (Wildman–Crippen MR) is 194 cm³/mol. The van der Waals surface area contributed by atoms with Gasteiger partial charge in [0.15, 0.2) is 0 Å². The van der Waals surface area contributed by atoms with Crippen molar-refractivity contribution in [1.82, 2.24) is 15.1 Å². The minimum atomic E-state index is -1.59. The Morgan fingerprint density at radius 1 is 0.980 bits per heavy atom. The van der Waals surface area contributed by atoms with Crippen molar-refractivity contribution in [3.05, 3.63) is 94.8 Å². The molecule has 0 aliphatic carbocycles. The number of hydrogen-bond donors (Lipinski definition) is 2. The van der Waals surface area contributed by atoms with Gasteiger partial charge in [-0.3, -0.25) is 9.48 Å². The third-order valence-corrected chi connectivity index (χ3v) is 8.77. The minimum Gasteiger partial charge on any atom is -0.493 e. The average molecular weight is 716 g/mol. The van der Waals surface area contributed by atoms with Crippen LogP contribution in [-0.2, 0) is 36.8 Å². The van der Waals surface area contributed by atoms with Gasteiger partial charge < -0.3 is 29.7 Å². The van der Waals surface area contributed by atoms with Gasteiger partial charge in [-0.15, -0.1) is 0 Å². The molecule has 0 bridgehead atoms. The van der Waals surface area contributed by atoms with Crippen molar-refractivity contribution in [2.24, 2.45) is 0 Å². The van der Waals surface area contributed by atoms with Crippen molar-refractivity contribution >= 4 is 46.9 Å². The van der Waals surface area contributed by atoms with E-state index in [1.807, 2.05) is 60.6 Å². The molecule has 0 spiro atoms. The number of urea groups is 1. The van der Waals surface area contributed by atoms with Gasteiger partial charge in [-0.1, -0.05) is 41.9 Å². The summed E-state index contributed by atoms with van der Waals surface area (Å²) in [6.07, 6.45) is 6.43. The molecule has 0 saturated heterocycles. The van der Waals surface area contributed by atoms with E-state index in [1.54, 1.807) is 36.7 Å². The zero-order chi connectivity index (χ0) is 36.3. The number of rotatable bonds is 14. The lowest BCUT2D eigenvalue weighted by Crippen LogP contribution is -2.49. The Labute approximate surface area is 302 Å². The number of hydrogen-bond acceptors (Lipinski definition) is 8. The van der Waals surface area contributed by atoms with Crippen LogP contribution < -0.4 is 20.3 Å². The smallest absolute Gasteiger partial charge is 0.340 e. The van der Waals surface area contributed by atoms with Crippen molar-refractivity contribution in [3.8, 4) is 16.9 Å². The summed E-state index contributed by atoms with van der Waals surface area (Å²) in [6, 6.07) is 16.4. The largest absolute Gasteiger partial charge is 0.493 e. The second-order valence-corrected chi connectivity index (χ2v) is 12.3. The third kappa shape index (κ3) is 9.46. The lowest BCUT2D eigenvalue weighted by molar-refractivity contribution is -0.157. The number of carbonyl (C=O) groups excluding carboxylic acids is 4. The summed E-state index contributed by atoms with van der Waals surface area (Å²) in [5.74, 6) is -1.01. The maximum atomic E-state index is 13.4. The van der Waals surface area contributed by atoms with Crippen LogP contribution in [0.5, 0.6) is 5.75 Å². The summed E-state index contributed by atoms with van der Waals surface area (Å²) in [7, 11) is 0. The van der Waals surface area contributed by atoms with Gasteiger partial charge in [-0.2, -0.15) is 5.10 Å². The highest BCUT2D eigenvalue weighted by molar-refractivity contribution is 6.31. The van der Waals surface area contributed by atoms with Crippen LogP contribution in [0.15, 0.2) is 73.1 Å².